The first kappa shape index (κ1) is 8.54. The van der Waals surface area contributed by atoms with E-state index in [-0.39, 0.29) is 6.54 Å². The summed E-state index contributed by atoms with van der Waals surface area (Å²) in [5, 5.41) is 9.27. The summed E-state index contributed by atoms with van der Waals surface area (Å²) in [7, 11) is 0. The number of aliphatic hydroxyl groups is 1. The van der Waals surface area contributed by atoms with E-state index in [4.69, 9.17) is 18.2 Å². The molecule has 0 fully saturated rings. The van der Waals surface area contributed by atoms with Crippen molar-refractivity contribution in [3.63, 3.8) is 0 Å². The van der Waals surface area contributed by atoms with Gasteiger partial charge in [0.2, 0.25) is 6.54 Å². The van der Waals surface area contributed by atoms with Gasteiger partial charge in [-0.2, -0.15) is 0 Å². The Bertz CT molecular complexity index is 278. The van der Waals surface area contributed by atoms with Gasteiger partial charge in [-0.1, -0.05) is 11.6 Å². The van der Waals surface area contributed by atoms with E-state index in [1.807, 2.05) is 0 Å². The molecule has 0 aliphatic heterocycles. The summed E-state index contributed by atoms with van der Waals surface area (Å²) in [5.41, 5.74) is 0. The van der Waals surface area contributed by atoms with Crippen molar-refractivity contribution in [1.82, 2.24) is 0 Å². The summed E-state index contributed by atoms with van der Waals surface area (Å²) >= 11 is 6.94. The van der Waals surface area contributed by atoms with Crippen LogP contribution in [0, 0.1) is 6.57 Å². The highest BCUT2D eigenvalue weighted by Crippen LogP contribution is 2.26. The van der Waals surface area contributed by atoms with Gasteiger partial charge in [-0.15, -0.1) is 11.3 Å². The zero-order valence-electron chi connectivity index (χ0n) is 5.62. The predicted octanol–water partition coefficient (Wildman–Crippen LogP) is 2.35. The van der Waals surface area contributed by atoms with E-state index in [0.29, 0.717) is 4.34 Å². The van der Waals surface area contributed by atoms with Gasteiger partial charge in [0.1, 0.15) is 0 Å². The van der Waals surface area contributed by atoms with Crippen LogP contribution >= 0.6 is 22.9 Å². The molecule has 4 heteroatoms. The minimum absolute atomic E-state index is 0.108. The first-order valence-corrected chi connectivity index (χ1v) is 4.20. The third-order valence-corrected chi connectivity index (χ3v) is 2.52. The van der Waals surface area contributed by atoms with Crippen LogP contribution in [0.25, 0.3) is 4.85 Å². The Kier molecular flexibility index (Phi) is 2.89. The number of hydrogen-bond donors (Lipinski definition) is 1. The number of nitrogens with zero attached hydrogens (tertiary/aromatic N) is 1. The van der Waals surface area contributed by atoms with Gasteiger partial charge < -0.3 is 9.95 Å². The van der Waals surface area contributed by atoms with E-state index in [9.17, 15) is 5.11 Å². The Morgan fingerprint density at radius 1 is 1.73 bits per heavy atom. The fourth-order valence-electron chi connectivity index (χ4n) is 0.684. The number of thiophene rings is 1. The molecule has 11 heavy (non-hydrogen) atoms. The van der Waals surface area contributed by atoms with Crippen LogP contribution in [0.3, 0.4) is 0 Å². The van der Waals surface area contributed by atoms with Gasteiger partial charge in [0.25, 0.3) is 0 Å². The van der Waals surface area contributed by atoms with E-state index >= 15 is 0 Å². The number of halogens is 1. The van der Waals surface area contributed by atoms with Gasteiger partial charge in [-0.05, 0) is 12.1 Å². The van der Waals surface area contributed by atoms with Gasteiger partial charge in [0, 0.05) is 4.88 Å². The Hall–Kier alpha value is -0.560. The molecule has 1 rings (SSSR count). The molecular formula is C7H6ClNOS. The van der Waals surface area contributed by atoms with E-state index in [1.165, 1.54) is 11.3 Å². The normalized spacial score (nSPS) is 12.5. The molecule has 0 saturated carbocycles. The standard InChI is InChI=1S/C7H6ClNOS/c1-9-4-5(10)6-2-3-7(8)11-6/h2-3,5,10H,4H2/t5-/m0/s1. The lowest BCUT2D eigenvalue weighted by atomic mass is 10.3. The molecule has 0 aromatic carbocycles. The molecule has 58 valence electrons. The van der Waals surface area contributed by atoms with Crippen molar-refractivity contribution in [1.29, 1.82) is 0 Å². The second kappa shape index (κ2) is 3.72. The summed E-state index contributed by atoms with van der Waals surface area (Å²) in [6.45, 7) is 6.63. The molecular weight excluding hydrogens is 182 g/mol. The molecule has 0 aliphatic rings. The zero-order valence-corrected chi connectivity index (χ0v) is 7.19. The summed E-state index contributed by atoms with van der Waals surface area (Å²) in [6.07, 6.45) is -0.676. The molecule has 0 bridgehead atoms. The van der Waals surface area contributed by atoms with Gasteiger partial charge in [0.15, 0.2) is 6.10 Å². The molecule has 0 spiro atoms. The van der Waals surface area contributed by atoms with Crippen molar-refractivity contribution in [2.24, 2.45) is 0 Å². The Morgan fingerprint density at radius 2 is 2.45 bits per heavy atom. The first-order chi connectivity index (χ1) is 5.24. The largest absolute Gasteiger partial charge is 0.380 e. The van der Waals surface area contributed by atoms with Crippen molar-refractivity contribution in [3.8, 4) is 0 Å². The molecule has 0 saturated heterocycles. The second-order valence-electron chi connectivity index (χ2n) is 2.00. The van der Waals surface area contributed by atoms with Gasteiger partial charge in [0.05, 0.1) is 4.34 Å². The molecule has 0 aliphatic carbocycles. The van der Waals surface area contributed by atoms with Crippen LogP contribution in [-0.4, -0.2) is 11.7 Å². The predicted molar refractivity (Wildman–Crippen MR) is 45.8 cm³/mol. The molecule has 0 unspecified atom stereocenters. The SMILES string of the molecule is [C-]#[N+]C[C@H](O)c1ccc(Cl)s1. The van der Waals surface area contributed by atoms with E-state index in [2.05, 4.69) is 4.85 Å². The van der Waals surface area contributed by atoms with Gasteiger partial charge >= 0.3 is 0 Å². The third kappa shape index (κ3) is 2.19. The minimum atomic E-state index is -0.676. The van der Waals surface area contributed by atoms with E-state index in [1.54, 1.807) is 12.1 Å². The van der Waals surface area contributed by atoms with Crippen LogP contribution in [-0.2, 0) is 0 Å². The molecule has 1 aromatic heterocycles. The summed E-state index contributed by atoms with van der Waals surface area (Å²) in [6, 6.07) is 3.46. The number of rotatable bonds is 2. The Labute approximate surface area is 73.9 Å². The first-order valence-electron chi connectivity index (χ1n) is 3.00. The molecule has 1 heterocycles. The topological polar surface area (TPSA) is 24.6 Å². The van der Waals surface area contributed by atoms with Crippen LogP contribution in [0.4, 0.5) is 0 Å². The van der Waals surface area contributed by atoms with E-state index < -0.39 is 6.10 Å². The van der Waals surface area contributed by atoms with Crippen LogP contribution in [0.1, 0.15) is 11.0 Å². The molecule has 1 N–H and O–H groups in total. The number of aliphatic hydroxyl groups excluding tert-OH is 1. The molecule has 0 amide bonds. The lowest BCUT2D eigenvalue weighted by Crippen LogP contribution is -1.95. The van der Waals surface area contributed by atoms with Gasteiger partial charge in [-0.25, -0.2) is 6.57 Å². The van der Waals surface area contributed by atoms with Crippen LogP contribution in [0.2, 0.25) is 4.34 Å². The number of hydrogen-bond acceptors (Lipinski definition) is 2. The highest BCUT2D eigenvalue weighted by molar-refractivity contribution is 7.16. The van der Waals surface area contributed by atoms with Crippen LogP contribution < -0.4 is 0 Å². The zero-order chi connectivity index (χ0) is 8.27. The van der Waals surface area contributed by atoms with Crippen molar-refractivity contribution in [3.05, 3.63) is 32.8 Å². The Balaban J connectivity index is 2.70. The maximum Gasteiger partial charge on any atom is 0.245 e. The summed E-state index contributed by atoms with van der Waals surface area (Å²) in [4.78, 5) is 3.84. The van der Waals surface area contributed by atoms with Crippen molar-refractivity contribution < 1.29 is 5.11 Å². The quantitative estimate of drug-likeness (QED) is 0.707. The van der Waals surface area contributed by atoms with Gasteiger partial charge in [-0.3, -0.25) is 0 Å². The highest BCUT2D eigenvalue weighted by atomic mass is 35.5. The van der Waals surface area contributed by atoms with Crippen molar-refractivity contribution in [2.45, 2.75) is 6.10 Å². The molecule has 2 nitrogen and oxygen atoms in total. The summed E-state index contributed by atoms with van der Waals surface area (Å²) < 4.78 is 0.643. The Morgan fingerprint density at radius 3 is 2.91 bits per heavy atom. The lowest BCUT2D eigenvalue weighted by molar-refractivity contribution is 0.199. The monoisotopic (exact) mass is 187 g/mol. The maximum absolute atomic E-state index is 9.27. The lowest BCUT2D eigenvalue weighted by Gasteiger charge is -1.97. The fraction of sp³-hybridized carbons (Fsp3) is 0.286. The average molecular weight is 188 g/mol. The molecule has 1 aromatic rings. The minimum Gasteiger partial charge on any atom is -0.380 e. The van der Waals surface area contributed by atoms with Crippen molar-refractivity contribution in [2.75, 3.05) is 6.54 Å². The smallest absolute Gasteiger partial charge is 0.245 e. The third-order valence-electron chi connectivity index (χ3n) is 1.19. The molecule has 1 atom stereocenters. The van der Waals surface area contributed by atoms with Crippen LogP contribution in [0.15, 0.2) is 12.1 Å². The summed E-state index contributed by atoms with van der Waals surface area (Å²) in [5.74, 6) is 0. The van der Waals surface area contributed by atoms with Crippen molar-refractivity contribution >= 4 is 22.9 Å². The van der Waals surface area contributed by atoms with E-state index in [0.717, 1.165) is 4.88 Å². The molecule has 0 radical (unpaired) electrons. The van der Waals surface area contributed by atoms with Crippen LogP contribution in [0.5, 0.6) is 0 Å². The highest BCUT2D eigenvalue weighted by Gasteiger charge is 2.11. The fourth-order valence-corrected chi connectivity index (χ4v) is 1.72. The average Bonchev–Trinajstić information content (AvgIpc) is 2.36. The maximum atomic E-state index is 9.27. The second-order valence-corrected chi connectivity index (χ2v) is 3.75.